The molecule has 0 fully saturated rings. The van der Waals surface area contributed by atoms with Crippen molar-refractivity contribution in [1.82, 2.24) is 9.97 Å². The van der Waals surface area contributed by atoms with Gasteiger partial charge in [0.15, 0.2) is 0 Å². The SMILES string of the molecule is CCc1ncccc1-c1ccccn1. The number of pyridine rings is 2. The fourth-order valence-electron chi connectivity index (χ4n) is 1.48. The summed E-state index contributed by atoms with van der Waals surface area (Å²) in [6.45, 7) is 2.11. The topological polar surface area (TPSA) is 25.8 Å². The highest BCUT2D eigenvalue weighted by molar-refractivity contribution is 5.61. The van der Waals surface area contributed by atoms with E-state index in [2.05, 4.69) is 23.0 Å². The number of hydrogen-bond acceptors (Lipinski definition) is 2. The summed E-state index contributed by atoms with van der Waals surface area (Å²) in [6.07, 6.45) is 4.57. The predicted octanol–water partition coefficient (Wildman–Crippen LogP) is 2.71. The van der Waals surface area contributed by atoms with Crippen molar-refractivity contribution in [3.63, 3.8) is 0 Å². The van der Waals surface area contributed by atoms with Crippen LogP contribution in [0.3, 0.4) is 0 Å². The summed E-state index contributed by atoms with van der Waals surface area (Å²) in [7, 11) is 0. The Morgan fingerprint density at radius 3 is 2.57 bits per heavy atom. The monoisotopic (exact) mass is 184 g/mol. The van der Waals surface area contributed by atoms with Crippen LogP contribution in [0.5, 0.6) is 0 Å². The number of rotatable bonds is 2. The van der Waals surface area contributed by atoms with E-state index in [0.717, 1.165) is 23.4 Å². The lowest BCUT2D eigenvalue weighted by Crippen LogP contribution is -1.92. The molecule has 0 N–H and O–H groups in total. The normalized spacial score (nSPS) is 10.1. The zero-order valence-corrected chi connectivity index (χ0v) is 8.14. The van der Waals surface area contributed by atoms with Gasteiger partial charge in [0, 0.05) is 23.7 Å². The highest BCUT2D eigenvalue weighted by Crippen LogP contribution is 2.19. The minimum Gasteiger partial charge on any atom is -0.261 e. The molecule has 2 rings (SSSR count). The average Bonchev–Trinajstić information content (AvgIpc) is 2.30. The molecule has 14 heavy (non-hydrogen) atoms. The minimum atomic E-state index is 0.937. The Hall–Kier alpha value is -1.70. The first-order chi connectivity index (χ1) is 6.92. The van der Waals surface area contributed by atoms with Gasteiger partial charge in [0.1, 0.15) is 0 Å². The Balaban J connectivity index is 2.51. The maximum atomic E-state index is 4.33. The molecule has 0 radical (unpaired) electrons. The van der Waals surface area contributed by atoms with Gasteiger partial charge in [-0.1, -0.05) is 13.0 Å². The van der Waals surface area contributed by atoms with Crippen LogP contribution >= 0.6 is 0 Å². The Kier molecular flexibility index (Phi) is 2.54. The molecule has 0 aliphatic heterocycles. The van der Waals surface area contributed by atoms with Crippen LogP contribution in [-0.4, -0.2) is 9.97 Å². The minimum absolute atomic E-state index is 0.937. The van der Waals surface area contributed by atoms with E-state index in [4.69, 9.17) is 0 Å². The summed E-state index contributed by atoms with van der Waals surface area (Å²) >= 11 is 0. The summed E-state index contributed by atoms with van der Waals surface area (Å²) in [5, 5.41) is 0. The van der Waals surface area contributed by atoms with E-state index in [-0.39, 0.29) is 0 Å². The molecule has 0 amide bonds. The van der Waals surface area contributed by atoms with Crippen molar-refractivity contribution < 1.29 is 0 Å². The predicted molar refractivity (Wildman–Crippen MR) is 56.8 cm³/mol. The van der Waals surface area contributed by atoms with Gasteiger partial charge >= 0.3 is 0 Å². The van der Waals surface area contributed by atoms with Crippen LogP contribution in [0.1, 0.15) is 12.6 Å². The van der Waals surface area contributed by atoms with Gasteiger partial charge in [0.05, 0.1) is 5.69 Å². The maximum Gasteiger partial charge on any atom is 0.0720 e. The molecule has 0 aliphatic rings. The highest BCUT2D eigenvalue weighted by atomic mass is 14.7. The lowest BCUT2D eigenvalue weighted by molar-refractivity contribution is 1.03. The van der Waals surface area contributed by atoms with E-state index in [1.54, 1.807) is 0 Å². The number of nitrogens with zero attached hydrogens (tertiary/aromatic N) is 2. The van der Waals surface area contributed by atoms with Crippen molar-refractivity contribution in [1.29, 1.82) is 0 Å². The molecule has 70 valence electrons. The van der Waals surface area contributed by atoms with Crippen LogP contribution in [0.4, 0.5) is 0 Å². The van der Waals surface area contributed by atoms with E-state index in [1.807, 2.05) is 36.7 Å². The first-order valence-corrected chi connectivity index (χ1v) is 4.77. The van der Waals surface area contributed by atoms with Crippen molar-refractivity contribution in [2.24, 2.45) is 0 Å². The van der Waals surface area contributed by atoms with E-state index in [1.165, 1.54) is 0 Å². The van der Waals surface area contributed by atoms with Gasteiger partial charge in [-0.2, -0.15) is 0 Å². The van der Waals surface area contributed by atoms with Crippen molar-refractivity contribution in [3.8, 4) is 11.3 Å². The lowest BCUT2D eigenvalue weighted by Gasteiger charge is -2.04. The molecule has 0 aliphatic carbocycles. The van der Waals surface area contributed by atoms with E-state index >= 15 is 0 Å². The molecular formula is C12H12N2. The van der Waals surface area contributed by atoms with Gasteiger partial charge in [0.25, 0.3) is 0 Å². The van der Waals surface area contributed by atoms with Gasteiger partial charge in [-0.3, -0.25) is 9.97 Å². The third-order valence-corrected chi connectivity index (χ3v) is 2.17. The molecule has 2 aromatic heterocycles. The molecule has 0 aromatic carbocycles. The summed E-state index contributed by atoms with van der Waals surface area (Å²) in [5.74, 6) is 0. The molecule has 0 saturated carbocycles. The van der Waals surface area contributed by atoms with Gasteiger partial charge in [-0.15, -0.1) is 0 Å². The molecule has 2 heteroatoms. The average molecular weight is 184 g/mol. The van der Waals surface area contributed by atoms with Crippen molar-refractivity contribution in [2.45, 2.75) is 13.3 Å². The second-order valence-electron chi connectivity index (χ2n) is 3.07. The first kappa shape index (κ1) is 8.88. The second-order valence-corrected chi connectivity index (χ2v) is 3.07. The van der Waals surface area contributed by atoms with Crippen LogP contribution in [0.15, 0.2) is 42.7 Å². The molecule has 0 atom stereocenters. The fraction of sp³-hybridized carbons (Fsp3) is 0.167. The molecule has 2 nitrogen and oxygen atoms in total. The number of hydrogen-bond donors (Lipinski definition) is 0. The molecule has 0 saturated heterocycles. The zero-order chi connectivity index (χ0) is 9.80. The lowest BCUT2D eigenvalue weighted by atomic mass is 10.1. The standard InChI is InChI=1S/C12H12N2/c1-2-11-10(6-5-9-13-11)12-7-3-4-8-14-12/h3-9H,2H2,1H3. The van der Waals surface area contributed by atoms with Crippen molar-refractivity contribution in [3.05, 3.63) is 48.4 Å². The third kappa shape index (κ3) is 1.64. The van der Waals surface area contributed by atoms with Gasteiger partial charge < -0.3 is 0 Å². The molecule has 2 aromatic rings. The fourth-order valence-corrected chi connectivity index (χ4v) is 1.48. The van der Waals surface area contributed by atoms with Crippen LogP contribution in [-0.2, 0) is 6.42 Å². The van der Waals surface area contributed by atoms with Crippen LogP contribution in [0.25, 0.3) is 11.3 Å². The third-order valence-electron chi connectivity index (χ3n) is 2.17. The Morgan fingerprint density at radius 1 is 1.00 bits per heavy atom. The van der Waals surface area contributed by atoms with Crippen LogP contribution in [0, 0.1) is 0 Å². The number of aryl methyl sites for hydroxylation is 1. The van der Waals surface area contributed by atoms with Gasteiger partial charge in [-0.05, 0) is 30.7 Å². The molecule has 2 heterocycles. The van der Waals surface area contributed by atoms with E-state index in [9.17, 15) is 0 Å². The van der Waals surface area contributed by atoms with Gasteiger partial charge in [0.2, 0.25) is 0 Å². The quantitative estimate of drug-likeness (QED) is 0.717. The van der Waals surface area contributed by atoms with Gasteiger partial charge in [-0.25, -0.2) is 0 Å². The number of aromatic nitrogens is 2. The summed E-state index contributed by atoms with van der Waals surface area (Å²) in [4.78, 5) is 8.65. The summed E-state index contributed by atoms with van der Waals surface area (Å²) in [6, 6.07) is 9.94. The smallest absolute Gasteiger partial charge is 0.0720 e. The Bertz CT molecular complexity index is 410. The van der Waals surface area contributed by atoms with E-state index in [0.29, 0.717) is 0 Å². The highest BCUT2D eigenvalue weighted by Gasteiger charge is 2.03. The summed E-state index contributed by atoms with van der Waals surface area (Å²) < 4.78 is 0. The van der Waals surface area contributed by atoms with Crippen molar-refractivity contribution in [2.75, 3.05) is 0 Å². The van der Waals surface area contributed by atoms with Crippen molar-refractivity contribution >= 4 is 0 Å². The molecular weight excluding hydrogens is 172 g/mol. The Morgan fingerprint density at radius 2 is 1.86 bits per heavy atom. The largest absolute Gasteiger partial charge is 0.261 e. The van der Waals surface area contributed by atoms with E-state index < -0.39 is 0 Å². The molecule has 0 spiro atoms. The summed E-state index contributed by atoms with van der Waals surface area (Å²) in [5.41, 5.74) is 3.24. The zero-order valence-electron chi connectivity index (χ0n) is 8.14. The molecule has 0 bridgehead atoms. The Labute approximate surface area is 83.7 Å². The maximum absolute atomic E-state index is 4.33. The first-order valence-electron chi connectivity index (χ1n) is 4.77. The van der Waals surface area contributed by atoms with Crippen LogP contribution < -0.4 is 0 Å². The van der Waals surface area contributed by atoms with Crippen LogP contribution in [0.2, 0.25) is 0 Å². The molecule has 0 unspecified atom stereocenters. The second kappa shape index (κ2) is 4.01.